The second kappa shape index (κ2) is 2.88. The monoisotopic (exact) mass is 215 g/mol. The minimum absolute atomic E-state index is 0.438. The average Bonchev–Trinajstić information content (AvgIpc) is 2.35. The van der Waals surface area contributed by atoms with Crippen molar-refractivity contribution < 1.29 is 0 Å². The summed E-state index contributed by atoms with van der Waals surface area (Å²) in [6, 6.07) is 2.18. The Labute approximate surface area is 98.3 Å². The van der Waals surface area contributed by atoms with Crippen LogP contribution in [0.5, 0.6) is 0 Å². The van der Waals surface area contributed by atoms with Crippen LogP contribution in [0.4, 0.5) is 0 Å². The van der Waals surface area contributed by atoms with E-state index >= 15 is 0 Å². The molecule has 1 nitrogen and oxygen atoms in total. The maximum atomic E-state index is 4.63. The topological polar surface area (TPSA) is 12.9 Å². The normalized spacial score (nSPS) is 34.9. The fourth-order valence-corrected chi connectivity index (χ4v) is 4.00. The van der Waals surface area contributed by atoms with Crippen molar-refractivity contribution in [1.29, 1.82) is 0 Å². The quantitative estimate of drug-likeness (QED) is 0.640. The highest BCUT2D eigenvalue weighted by atomic mass is 14.7. The summed E-state index contributed by atoms with van der Waals surface area (Å²) in [6.07, 6.45) is 5.87. The number of hydrogen-bond donors (Lipinski definition) is 0. The molecule has 1 heterocycles. The first kappa shape index (κ1) is 10.3. The standard InChI is InChI=1S/C15H21N/c1-10-6-8-16-12-9-15(4)7-5-11(13(10)12)14(15,2)3/h6,8,11H,5,7,9H2,1-4H3/t11-,15+/m1/s1. The van der Waals surface area contributed by atoms with Crippen LogP contribution < -0.4 is 0 Å². The number of fused-ring (bicyclic) bond motifs is 4. The number of aromatic nitrogens is 1. The molecule has 0 amide bonds. The van der Waals surface area contributed by atoms with E-state index in [2.05, 4.69) is 38.7 Å². The predicted octanol–water partition coefficient (Wildman–Crippen LogP) is 3.86. The zero-order valence-electron chi connectivity index (χ0n) is 10.8. The van der Waals surface area contributed by atoms with Crippen LogP contribution in [0.25, 0.3) is 0 Å². The van der Waals surface area contributed by atoms with E-state index in [0.717, 1.165) is 5.92 Å². The SMILES string of the molecule is Cc1ccnc2c1[C@H]1CC[C@@](C)(C2)C1(C)C. The molecular weight excluding hydrogens is 194 g/mol. The van der Waals surface area contributed by atoms with Crippen LogP contribution in [-0.4, -0.2) is 4.98 Å². The molecule has 86 valence electrons. The number of rotatable bonds is 0. The molecule has 1 aromatic heterocycles. The van der Waals surface area contributed by atoms with E-state index in [-0.39, 0.29) is 0 Å². The molecule has 3 rings (SSSR count). The van der Waals surface area contributed by atoms with Gasteiger partial charge in [0.15, 0.2) is 0 Å². The summed E-state index contributed by atoms with van der Waals surface area (Å²) in [5, 5.41) is 0. The van der Waals surface area contributed by atoms with E-state index in [1.165, 1.54) is 30.5 Å². The molecule has 0 spiro atoms. The summed E-state index contributed by atoms with van der Waals surface area (Å²) in [5.74, 6) is 0.731. The van der Waals surface area contributed by atoms with Gasteiger partial charge in [0.05, 0.1) is 0 Å². The Bertz CT molecular complexity index is 447. The third-order valence-electron chi connectivity index (χ3n) is 5.61. The highest BCUT2D eigenvalue weighted by molar-refractivity contribution is 5.40. The number of nitrogens with zero attached hydrogens (tertiary/aromatic N) is 1. The van der Waals surface area contributed by atoms with Gasteiger partial charge in [-0.15, -0.1) is 0 Å². The van der Waals surface area contributed by atoms with Crippen molar-refractivity contribution in [2.24, 2.45) is 10.8 Å². The molecule has 0 radical (unpaired) electrons. The lowest BCUT2D eigenvalue weighted by molar-refractivity contribution is 0.100. The summed E-state index contributed by atoms with van der Waals surface area (Å²) in [6.45, 7) is 9.62. The van der Waals surface area contributed by atoms with Crippen molar-refractivity contribution in [2.75, 3.05) is 0 Å². The molecule has 1 fully saturated rings. The molecule has 0 unspecified atom stereocenters. The largest absolute Gasteiger partial charge is 0.261 e. The molecule has 16 heavy (non-hydrogen) atoms. The first-order valence-electron chi connectivity index (χ1n) is 6.40. The molecule has 0 saturated heterocycles. The smallest absolute Gasteiger partial charge is 0.0446 e. The van der Waals surface area contributed by atoms with Gasteiger partial charge in [0.1, 0.15) is 0 Å². The molecule has 1 aromatic rings. The first-order valence-corrected chi connectivity index (χ1v) is 6.40. The average molecular weight is 215 g/mol. The van der Waals surface area contributed by atoms with Gasteiger partial charge in [0.25, 0.3) is 0 Å². The second-order valence-corrected chi connectivity index (χ2v) is 6.54. The van der Waals surface area contributed by atoms with Crippen molar-refractivity contribution in [1.82, 2.24) is 4.98 Å². The minimum atomic E-state index is 0.438. The minimum Gasteiger partial charge on any atom is -0.261 e. The molecule has 2 aliphatic carbocycles. The summed E-state index contributed by atoms with van der Waals surface area (Å²) in [7, 11) is 0. The fourth-order valence-electron chi connectivity index (χ4n) is 4.00. The number of aryl methyl sites for hydroxylation is 1. The van der Waals surface area contributed by atoms with Crippen LogP contribution in [0.2, 0.25) is 0 Å². The molecule has 2 atom stereocenters. The van der Waals surface area contributed by atoms with Crippen LogP contribution >= 0.6 is 0 Å². The highest BCUT2D eigenvalue weighted by Gasteiger charge is 2.55. The predicted molar refractivity (Wildman–Crippen MR) is 66.5 cm³/mol. The summed E-state index contributed by atoms with van der Waals surface area (Å²) in [4.78, 5) is 4.63. The molecular formula is C15H21N. The molecule has 2 aliphatic rings. The van der Waals surface area contributed by atoms with Crippen LogP contribution in [0.1, 0.15) is 56.4 Å². The lowest BCUT2D eigenvalue weighted by Crippen LogP contribution is -2.39. The van der Waals surface area contributed by atoms with Gasteiger partial charge in [0, 0.05) is 11.9 Å². The van der Waals surface area contributed by atoms with Crippen LogP contribution in [0.15, 0.2) is 12.3 Å². The summed E-state index contributed by atoms with van der Waals surface area (Å²) < 4.78 is 0. The maximum Gasteiger partial charge on any atom is 0.0446 e. The lowest BCUT2D eigenvalue weighted by Gasteiger charge is -2.46. The Morgan fingerprint density at radius 1 is 1.31 bits per heavy atom. The molecule has 2 bridgehead atoms. The Morgan fingerprint density at radius 3 is 2.81 bits per heavy atom. The summed E-state index contributed by atoms with van der Waals surface area (Å²) >= 11 is 0. The lowest BCUT2D eigenvalue weighted by atomic mass is 9.58. The van der Waals surface area contributed by atoms with Gasteiger partial charge in [-0.25, -0.2) is 0 Å². The molecule has 1 saturated carbocycles. The molecule has 0 aromatic carbocycles. The van der Waals surface area contributed by atoms with E-state index in [1.807, 2.05) is 6.20 Å². The fraction of sp³-hybridized carbons (Fsp3) is 0.667. The highest BCUT2D eigenvalue weighted by Crippen LogP contribution is 2.64. The maximum absolute atomic E-state index is 4.63. The van der Waals surface area contributed by atoms with Gasteiger partial charge in [-0.2, -0.15) is 0 Å². The van der Waals surface area contributed by atoms with E-state index < -0.39 is 0 Å². The third kappa shape index (κ3) is 1.04. The first-order chi connectivity index (χ1) is 7.46. The van der Waals surface area contributed by atoms with Crippen molar-refractivity contribution in [2.45, 2.75) is 52.9 Å². The van der Waals surface area contributed by atoms with Crippen molar-refractivity contribution in [3.8, 4) is 0 Å². The van der Waals surface area contributed by atoms with Gasteiger partial charge in [-0.1, -0.05) is 20.8 Å². The van der Waals surface area contributed by atoms with Gasteiger partial charge < -0.3 is 0 Å². The van der Waals surface area contributed by atoms with Gasteiger partial charge in [-0.3, -0.25) is 4.98 Å². The van der Waals surface area contributed by atoms with Gasteiger partial charge >= 0.3 is 0 Å². The van der Waals surface area contributed by atoms with E-state index in [4.69, 9.17) is 0 Å². The van der Waals surface area contributed by atoms with Crippen LogP contribution in [0, 0.1) is 17.8 Å². The molecule has 0 N–H and O–H groups in total. The van der Waals surface area contributed by atoms with Crippen LogP contribution in [0.3, 0.4) is 0 Å². The van der Waals surface area contributed by atoms with Crippen molar-refractivity contribution in [3.63, 3.8) is 0 Å². The summed E-state index contributed by atoms with van der Waals surface area (Å²) in [5.41, 5.74) is 5.30. The van der Waals surface area contributed by atoms with E-state index in [0.29, 0.717) is 10.8 Å². The number of pyridine rings is 1. The van der Waals surface area contributed by atoms with Crippen molar-refractivity contribution >= 4 is 0 Å². The number of hydrogen-bond acceptors (Lipinski definition) is 1. The van der Waals surface area contributed by atoms with Crippen molar-refractivity contribution in [3.05, 3.63) is 29.1 Å². The van der Waals surface area contributed by atoms with Crippen LogP contribution in [-0.2, 0) is 6.42 Å². The molecule has 0 aliphatic heterocycles. The van der Waals surface area contributed by atoms with Gasteiger partial charge in [0.2, 0.25) is 0 Å². The third-order valence-corrected chi connectivity index (χ3v) is 5.61. The Morgan fingerprint density at radius 2 is 2.06 bits per heavy atom. The van der Waals surface area contributed by atoms with Gasteiger partial charge in [-0.05, 0) is 60.1 Å². The van der Waals surface area contributed by atoms with E-state index in [1.54, 1.807) is 5.56 Å². The zero-order valence-corrected chi connectivity index (χ0v) is 10.8. The Balaban J connectivity index is 2.24. The Hall–Kier alpha value is -0.850. The zero-order chi connectivity index (χ0) is 11.6. The molecule has 1 heteroatoms. The van der Waals surface area contributed by atoms with E-state index in [9.17, 15) is 0 Å². The second-order valence-electron chi connectivity index (χ2n) is 6.54. The Kier molecular flexibility index (Phi) is 1.86.